The maximum atomic E-state index is 10.2. The van der Waals surface area contributed by atoms with Crippen LogP contribution in [0.2, 0.25) is 0 Å². The van der Waals surface area contributed by atoms with Crippen molar-refractivity contribution in [2.24, 2.45) is 11.7 Å². The molecule has 3 N–H and O–H groups in total. The molecule has 1 aromatic heterocycles. The standard InChI is InChI=1S/C13H17NO2/c1-8(2)12(14)13(15)10-7-16-11-6-4-3-5-9(10)11/h3-8,12-13,15H,14H2,1-2H3. The summed E-state index contributed by atoms with van der Waals surface area (Å²) in [5.41, 5.74) is 7.51. The molecular weight excluding hydrogens is 202 g/mol. The van der Waals surface area contributed by atoms with E-state index in [0.29, 0.717) is 0 Å². The molecule has 16 heavy (non-hydrogen) atoms. The molecule has 2 rings (SSSR count). The van der Waals surface area contributed by atoms with E-state index in [1.54, 1.807) is 6.26 Å². The first-order valence-electron chi connectivity index (χ1n) is 5.51. The number of fused-ring (bicyclic) bond motifs is 1. The lowest BCUT2D eigenvalue weighted by Gasteiger charge is -2.21. The van der Waals surface area contributed by atoms with Crippen molar-refractivity contribution in [1.82, 2.24) is 0 Å². The third-order valence-electron chi connectivity index (χ3n) is 2.96. The zero-order chi connectivity index (χ0) is 11.7. The third kappa shape index (κ3) is 1.84. The minimum atomic E-state index is -0.677. The molecular formula is C13H17NO2. The fraction of sp³-hybridized carbons (Fsp3) is 0.385. The van der Waals surface area contributed by atoms with E-state index in [2.05, 4.69) is 0 Å². The molecule has 2 unspecified atom stereocenters. The molecule has 3 heteroatoms. The monoisotopic (exact) mass is 219 g/mol. The first kappa shape index (κ1) is 11.2. The highest BCUT2D eigenvalue weighted by Gasteiger charge is 2.23. The lowest BCUT2D eigenvalue weighted by molar-refractivity contribution is 0.126. The van der Waals surface area contributed by atoms with Crippen molar-refractivity contribution < 1.29 is 9.52 Å². The number of nitrogens with two attached hydrogens (primary N) is 1. The van der Waals surface area contributed by atoms with Gasteiger partial charge in [-0.05, 0) is 12.0 Å². The van der Waals surface area contributed by atoms with Gasteiger partial charge in [0.2, 0.25) is 0 Å². The fourth-order valence-electron chi connectivity index (χ4n) is 1.80. The molecule has 0 aliphatic rings. The Morgan fingerprint density at radius 1 is 1.25 bits per heavy atom. The highest BCUT2D eigenvalue weighted by molar-refractivity contribution is 5.81. The molecule has 3 nitrogen and oxygen atoms in total. The molecule has 0 aliphatic carbocycles. The van der Waals surface area contributed by atoms with Gasteiger partial charge in [-0.2, -0.15) is 0 Å². The van der Waals surface area contributed by atoms with Crippen molar-refractivity contribution in [3.8, 4) is 0 Å². The maximum absolute atomic E-state index is 10.2. The van der Waals surface area contributed by atoms with Crippen molar-refractivity contribution in [2.75, 3.05) is 0 Å². The van der Waals surface area contributed by atoms with Crippen LogP contribution in [-0.4, -0.2) is 11.1 Å². The van der Waals surface area contributed by atoms with Crippen LogP contribution in [0.3, 0.4) is 0 Å². The Morgan fingerprint density at radius 2 is 1.94 bits per heavy atom. The second kappa shape index (κ2) is 4.28. The van der Waals surface area contributed by atoms with Crippen molar-refractivity contribution in [2.45, 2.75) is 26.0 Å². The van der Waals surface area contributed by atoms with E-state index < -0.39 is 6.10 Å². The molecule has 0 amide bonds. The average molecular weight is 219 g/mol. The van der Waals surface area contributed by atoms with Crippen LogP contribution in [0.25, 0.3) is 11.0 Å². The summed E-state index contributed by atoms with van der Waals surface area (Å²) >= 11 is 0. The van der Waals surface area contributed by atoms with Gasteiger partial charge >= 0.3 is 0 Å². The number of aliphatic hydroxyl groups excluding tert-OH is 1. The van der Waals surface area contributed by atoms with Gasteiger partial charge in [0.25, 0.3) is 0 Å². The Bertz CT molecular complexity index is 475. The van der Waals surface area contributed by atoms with Crippen LogP contribution >= 0.6 is 0 Å². The van der Waals surface area contributed by atoms with Crippen molar-refractivity contribution in [3.63, 3.8) is 0 Å². The van der Waals surface area contributed by atoms with Gasteiger partial charge in [0.1, 0.15) is 5.58 Å². The molecule has 1 heterocycles. The minimum absolute atomic E-state index is 0.226. The summed E-state index contributed by atoms with van der Waals surface area (Å²) in [6, 6.07) is 7.37. The van der Waals surface area contributed by atoms with Crippen molar-refractivity contribution >= 4 is 11.0 Å². The summed E-state index contributed by atoms with van der Waals surface area (Å²) in [4.78, 5) is 0. The quantitative estimate of drug-likeness (QED) is 0.833. The number of furan rings is 1. The van der Waals surface area contributed by atoms with Crippen LogP contribution in [0.5, 0.6) is 0 Å². The lowest BCUT2D eigenvalue weighted by Crippen LogP contribution is -2.33. The van der Waals surface area contributed by atoms with Gasteiger partial charge < -0.3 is 15.3 Å². The number of para-hydroxylation sites is 1. The zero-order valence-electron chi connectivity index (χ0n) is 9.55. The van der Waals surface area contributed by atoms with Gasteiger partial charge in [0.05, 0.1) is 12.4 Å². The predicted octanol–water partition coefficient (Wildman–Crippen LogP) is 2.45. The van der Waals surface area contributed by atoms with Gasteiger partial charge in [-0.1, -0.05) is 32.0 Å². The molecule has 0 bridgehead atoms. The molecule has 2 atom stereocenters. The molecule has 0 aliphatic heterocycles. The Labute approximate surface area is 94.9 Å². The highest BCUT2D eigenvalue weighted by atomic mass is 16.3. The smallest absolute Gasteiger partial charge is 0.134 e. The van der Waals surface area contributed by atoms with E-state index in [-0.39, 0.29) is 12.0 Å². The summed E-state index contributed by atoms with van der Waals surface area (Å²) in [5, 5.41) is 11.1. The first-order chi connectivity index (χ1) is 7.61. The van der Waals surface area contributed by atoms with Crippen LogP contribution in [0.4, 0.5) is 0 Å². The number of hydrogen-bond donors (Lipinski definition) is 2. The Balaban J connectivity index is 2.40. The maximum Gasteiger partial charge on any atom is 0.134 e. The normalized spacial score (nSPS) is 15.6. The number of benzene rings is 1. The zero-order valence-corrected chi connectivity index (χ0v) is 9.55. The van der Waals surface area contributed by atoms with Gasteiger partial charge in [0.15, 0.2) is 0 Å². The topological polar surface area (TPSA) is 59.4 Å². The molecule has 0 saturated heterocycles. The van der Waals surface area contributed by atoms with Gasteiger partial charge in [0, 0.05) is 17.0 Å². The summed E-state index contributed by atoms with van der Waals surface area (Å²) in [7, 11) is 0. The van der Waals surface area contributed by atoms with E-state index in [0.717, 1.165) is 16.5 Å². The Hall–Kier alpha value is -1.32. The summed E-state index contributed by atoms with van der Waals surface area (Å²) in [6.45, 7) is 3.99. The van der Waals surface area contributed by atoms with Crippen LogP contribution in [0.15, 0.2) is 34.9 Å². The van der Waals surface area contributed by atoms with E-state index in [1.807, 2.05) is 38.1 Å². The first-order valence-corrected chi connectivity index (χ1v) is 5.51. The second-order valence-corrected chi connectivity index (χ2v) is 4.45. The molecule has 86 valence electrons. The largest absolute Gasteiger partial charge is 0.464 e. The van der Waals surface area contributed by atoms with Crippen LogP contribution < -0.4 is 5.73 Å². The second-order valence-electron chi connectivity index (χ2n) is 4.45. The van der Waals surface area contributed by atoms with Crippen LogP contribution in [0.1, 0.15) is 25.5 Å². The lowest BCUT2D eigenvalue weighted by atomic mass is 9.94. The van der Waals surface area contributed by atoms with Gasteiger partial charge in [-0.25, -0.2) is 0 Å². The van der Waals surface area contributed by atoms with Gasteiger partial charge in [-0.3, -0.25) is 0 Å². The van der Waals surface area contributed by atoms with Crippen molar-refractivity contribution in [3.05, 3.63) is 36.1 Å². The number of aliphatic hydroxyl groups is 1. The van der Waals surface area contributed by atoms with E-state index in [1.165, 1.54) is 0 Å². The number of hydrogen-bond acceptors (Lipinski definition) is 3. The predicted molar refractivity (Wildman–Crippen MR) is 64.0 cm³/mol. The Kier molecular flexibility index (Phi) is 2.99. The molecule has 0 radical (unpaired) electrons. The molecule has 0 saturated carbocycles. The molecule has 0 fully saturated rings. The molecule has 0 spiro atoms. The van der Waals surface area contributed by atoms with E-state index >= 15 is 0 Å². The number of rotatable bonds is 3. The van der Waals surface area contributed by atoms with Crippen LogP contribution in [0, 0.1) is 5.92 Å². The summed E-state index contributed by atoms with van der Waals surface area (Å²) < 4.78 is 5.38. The molecule has 1 aromatic carbocycles. The van der Waals surface area contributed by atoms with Gasteiger partial charge in [-0.15, -0.1) is 0 Å². The van der Waals surface area contributed by atoms with Crippen LogP contribution in [-0.2, 0) is 0 Å². The Morgan fingerprint density at radius 3 is 2.62 bits per heavy atom. The molecule has 2 aromatic rings. The van der Waals surface area contributed by atoms with Crippen molar-refractivity contribution in [1.29, 1.82) is 0 Å². The van der Waals surface area contributed by atoms with E-state index in [9.17, 15) is 5.11 Å². The SMILES string of the molecule is CC(C)C(N)C(O)c1coc2ccccc12. The summed E-state index contributed by atoms with van der Waals surface area (Å²) in [5.74, 6) is 0.226. The highest BCUT2D eigenvalue weighted by Crippen LogP contribution is 2.29. The fourth-order valence-corrected chi connectivity index (χ4v) is 1.80. The average Bonchev–Trinajstić information content (AvgIpc) is 2.70. The van der Waals surface area contributed by atoms with E-state index in [4.69, 9.17) is 10.2 Å². The minimum Gasteiger partial charge on any atom is -0.464 e. The third-order valence-corrected chi connectivity index (χ3v) is 2.96. The summed E-state index contributed by atoms with van der Waals surface area (Å²) in [6.07, 6.45) is 0.918.